The summed E-state index contributed by atoms with van der Waals surface area (Å²) in [6.07, 6.45) is 6.15. The molecule has 0 N–H and O–H groups in total. The smallest absolute Gasteiger partial charge is 0.410 e. The lowest BCUT2D eigenvalue weighted by Crippen LogP contribution is -2.38. The summed E-state index contributed by atoms with van der Waals surface area (Å²) in [6.45, 7) is 4.45. The lowest BCUT2D eigenvalue weighted by atomic mass is 9.84. The maximum Gasteiger partial charge on any atom is 0.410 e. The van der Waals surface area contributed by atoms with E-state index in [9.17, 15) is 4.79 Å². The van der Waals surface area contributed by atoms with Gasteiger partial charge in [-0.1, -0.05) is 104 Å². The molecule has 5 nitrogen and oxygen atoms in total. The quantitative estimate of drug-likeness (QED) is 0.186. The SMILES string of the molecule is C=CCOC(=O)N1C[C@@H](SC(c2ccccc2)(c2ccccc2)c2ccccc2)C[C@H]1Cc1ncccn1. The number of aromatic nitrogens is 2. The molecule has 1 aliphatic rings. The van der Waals surface area contributed by atoms with Crippen molar-refractivity contribution < 1.29 is 9.53 Å². The van der Waals surface area contributed by atoms with E-state index in [0.29, 0.717) is 13.0 Å². The fourth-order valence-electron chi connectivity index (χ4n) is 5.21. The Morgan fingerprint density at radius 3 is 1.92 bits per heavy atom. The number of carbonyl (C=O) groups excluding carboxylic acids is 1. The van der Waals surface area contributed by atoms with Gasteiger partial charge in [0, 0.05) is 36.7 Å². The van der Waals surface area contributed by atoms with E-state index in [-0.39, 0.29) is 24.0 Å². The van der Waals surface area contributed by atoms with E-state index in [1.807, 2.05) is 16.7 Å². The number of amides is 1. The van der Waals surface area contributed by atoms with Crippen molar-refractivity contribution in [1.29, 1.82) is 0 Å². The predicted molar refractivity (Wildman–Crippen MR) is 153 cm³/mol. The van der Waals surface area contributed by atoms with Gasteiger partial charge in [0.25, 0.3) is 0 Å². The molecule has 38 heavy (non-hydrogen) atoms. The van der Waals surface area contributed by atoms with Gasteiger partial charge in [-0.3, -0.25) is 0 Å². The van der Waals surface area contributed by atoms with E-state index in [0.717, 1.165) is 12.2 Å². The second kappa shape index (κ2) is 12.1. The summed E-state index contributed by atoms with van der Waals surface area (Å²) >= 11 is 1.91. The Morgan fingerprint density at radius 2 is 1.42 bits per heavy atom. The number of rotatable bonds is 9. The largest absolute Gasteiger partial charge is 0.445 e. The van der Waals surface area contributed by atoms with Gasteiger partial charge in [-0.2, -0.15) is 0 Å². The van der Waals surface area contributed by atoms with Gasteiger partial charge in [-0.05, 0) is 29.2 Å². The topological polar surface area (TPSA) is 55.3 Å². The van der Waals surface area contributed by atoms with Gasteiger partial charge in [0.15, 0.2) is 0 Å². The molecule has 2 heterocycles. The molecule has 1 fully saturated rings. The molecule has 5 rings (SSSR count). The summed E-state index contributed by atoms with van der Waals surface area (Å²) < 4.78 is 5.04. The Kier molecular flexibility index (Phi) is 8.19. The highest BCUT2D eigenvalue weighted by atomic mass is 32.2. The number of likely N-dealkylation sites (tertiary alicyclic amines) is 1. The first kappa shape index (κ1) is 25.7. The van der Waals surface area contributed by atoms with Crippen molar-refractivity contribution in [2.75, 3.05) is 13.2 Å². The van der Waals surface area contributed by atoms with Crippen LogP contribution in [0.5, 0.6) is 0 Å². The van der Waals surface area contributed by atoms with Crippen LogP contribution in [0, 0.1) is 0 Å². The second-order valence-corrected chi connectivity index (χ2v) is 10.8. The number of benzene rings is 3. The first-order chi connectivity index (χ1) is 18.7. The minimum absolute atomic E-state index is 0.0627. The van der Waals surface area contributed by atoms with Crippen molar-refractivity contribution >= 4 is 17.9 Å². The van der Waals surface area contributed by atoms with E-state index in [1.165, 1.54) is 16.7 Å². The van der Waals surface area contributed by atoms with Crippen LogP contribution in [0.25, 0.3) is 0 Å². The monoisotopic (exact) mass is 521 g/mol. The molecule has 1 saturated heterocycles. The highest BCUT2D eigenvalue weighted by Crippen LogP contribution is 2.52. The maximum absolute atomic E-state index is 13.1. The van der Waals surface area contributed by atoms with Crippen LogP contribution in [0.4, 0.5) is 4.79 Å². The van der Waals surface area contributed by atoms with Crippen LogP contribution in [-0.4, -0.2) is 45.4 Å². The average molecular weight is 522 g/mol. The van der Waals surface area contributed by atoms with Gasteiger partial charge >= 0.3 is 6.09 Å². The number of hydrogen-bond acceptors (Lipinski definition) is 5. The molecule has 1 amide bonds. The molecular weight excluding hydrogens is 490 g/mol. The molecular formula is C32H31N3O2S. The van der Waals surface area contributed by atoms with Gasteiger partial charge in [0.1, 0.15) is 12.4 Å². The first-order valence-corrected chi connectivity index (χ1v) is 13.7. The van der Waals surface area contributed by atoms with Crippen LogP contribution in [0.2, 0.25) is 0 Å². The average Bonchev–Trinajstić information content (AvgIpc) is 3.38. The molecule has 0 aliphatic carbocycles. The lowest BCUT2D eigenvalue weighted by Gasteiger charge is -2.37. The number of nitrogens with zero attached hydrogens (tertiary/aromatic N) is 3. The van der Waals surface area contributed by atoms with Crippen LogP contribution in [-0.2, 0) is 15.9 Å². The summed E-state index contributed by atoms with van der Waals surface area (Å²) in [4.78, 5) is 23.8. The Morgan fingerprint density at radius 1 is 0.895 bits per heavy atom. The zero-order valence-electron chi connectivity index (χ0n) is 21.2. The zero-order chi connectivity index (χ0) is 26.2. The van der Waals surface area contributed by atoms with Crippen molar-refractivity contribution in [3.63, 3.8) is 0 Å². The molecule has 0 saturated carbocycles. The van der Waals surface area contributed by atoms with E-state index in [4.69, 9.17) is 4.74 Å². The summed E-state index contributed by atoms with van der Waals surface area (Å²) in [5.74, 6) is 0.727. The Bertz CT molecular complexity index is 1220. The molecule has 1 aromatic heterocycles. The van der Waals surface area contributed by atoms with Gasteiger partial charge in [-0.15, -0.1) is 11.8 Å². The Labute approximate surface area is 228 Å². The minimum Gasteiger partial charge on any atom is -0.445 e. The maximum atomic E-state index is 13.1. The van der Waals surface area contributed by atoms with E-state index < -0.39 is 4.75 Å². The zero-order valence-corrected chi connectivity index (χ0v) is 22.0. The summed E-state index contributed by atoms with van der Waals surface area (Å²) in [5.41, 5.74) is 3.62. The van der Waals surface area contributed by atoms with Crippen molar-refractivity contribution in [2.24, 2.45) is 0 Å². The highest BCUT2D eigenvalue weighted by molar-refractivity contribution is 8.01. The van der Waals surface area contributed by atoms with E-state index >= 15 is 0 Å². The minimum atomic E-state index is -0.455. The van der Waals surface area contributed by atoms with Gasteiger partial charge in [0.2, 0.25) is 0 Å². The van der Waals surface area contributed by atoms with Gasteiger partial charge in [-0.25, -0.2) is 14.8 Å². The highest BCUT2D eigenvalue weighted by Gasteiger charge is 2.44. The third kappa shape index (κ3) is 5.50. The molecule has 192 valence electrons. The molecule has 4 aromatic rings. The predicted octanol–water partition coefficient (Wildman–Crippen LogP) is 6.51. The van der Waals surface area contributed by atoms with E-state index in [2.05, 4.69) is 108 Å². The van der Waals surface area contributed by atoms with Crippen LogP contribution in [0.1, 0.15) is 28.9 Å². The fraction of sp³-hybridized carbons (Fsp3) is 0.219. The van der Waals surface area contributed by atoms with Gasteiger partial charge < -0.3 is 9.64 Å². The van der Waals surface area contributed by atoms with Crippen molar-refractivity contribution in [1.82, 2.24) is 14.9 Å². The third-order valence-electron chi connectivity index (χ3n) is 6.86. The molecule has 2 atom stereocenters. The van der Waals surface area contributed by atoms with Crippen LogP contribution in [0.3, 0.4) is 0 Å². The fourth-order valence-corrected chi connectivity index (χ4v) is 7.08. The molecule has 0 radical (unpaired) electrons. The van der Waals surface area contributed by atoms with Crippen molar-refractivity contribution in [2.45, 2.75) is 28.9 Å². The lowest BCUT2D eigenvalue weighted by molar-refractivity contribution is 0.108. The summed E-state index contributed by atoms with van der Waals surface area (Å²) in [7, 11) is 0. The molecule has 0 spiro atoms. The molecule has 0 bridgehead atoms. The molecule has 6 heteroatoms. The normalized spacial score (nSPS) is 17.2. The van der Waals surface area contributed by atoms with Crippen molar-refractivity contribution in [3.05, 3.63) is 145 Å². The first-order valence-electron chi connectivity index (χ1n) is 12.9. The number of hydrogen-bond donors (Lipinski definition) is 0. The van der Waals surface area contributed by atoms with Crippen LogP contribution >= 0.6 is 11.8 Å². The molecule has 3 aromatic carbocycles. The Balaban J connectivity index is 1.54. The summed E-state index contributed by atoms with van der Waals surface area (Å²) in [5, 5.41) is 0.153. The number of thioether (sulfide) groups is 1. The molecule has 0 unspecified atom stereocenters. The van der Waals surface area contributed by atoms with E-state index in [1.54, 1.807) is 24.5 Å². The Hall–Kier alpha value is -3.90. The number of carbonyl (C=O) groups is 1. The number of ether oxygens (including phenoxy) is 1. The third-order valence-corrected chi connectivity index (χ3v) is 8.59. The standard InChI is InChI=1S/C32H31N3O2S/c1-2-21-37-31(36)35-24-29(22-28(35)23-30-33-19-12-20-34-30)38-32(25-13-6-3-7-14-25,26-15-8-4-9-16-26)27-17-10-5-11-18-27/h2-20,28-29H,1,21-24H2/t28-,29-/m0/s1. The van der Waals surface area contributed by atoms with Crippen LogP contribution in [0.15, 0.2) is 122 Å². The molecule has 1 aliphatic heterocycles. The second-order valence-electron chi connectivity index (χ2n) is 9.30. The van der Waals surface area contributed by atoms with Gasteiger partial charge in [0.05, 0.1) is 4.75 Å². The summed E-state index contributed by atoms with van der Waals surface area (Å²) in [6, 6.07) is 33.7. The van der Waals surface area contributed by atoms with Crippen molar-refractivity contribution in [3.8, 4) is 0 Å². The van der Waals surface area contributed by atoms with Crippen LogP contribution < -0.4 is 0 Å².